The van der Waals surface area contributed by atoms with Crippen molar-refractivity contribution in [2.45, 2.75) is 46.5 Å². The summed E-state index contributed by atoms with van der Waals surface area (Å²) in [5.41, 5.74) is 1.56. The minimum absolute atomic E-state index is 0.390. The second-order valence-electron chi connectivity index (χ2n) is 6.59. The van der Waals surface area contributed by atoms with E-state index in [0.29, 0.717) is 11.3 Å². The van der Waals surface area contributed by atoms with Gasteiger partial charge in [-0.25, -0.2) is 4.98 Å². The fraction of sp³-hybridized carbons (Fsp3) is 0.786. The van der Waals surface area contributed by atoms with Crippen molar-refractivity contribution in [3.8, 4) is 0 Å². The van der Waals surface area contributed by atoms with Crippen LogP contribution in [-0.4, -0.2) is 34.5 Å². The lowest BCUT2D eigenvalue weighted by molar-refractivity contribution is 0.149. The second kappa shape index (κ2) is 4.81. The van der Waals surface area contributed by atoms with Gasteiger partial charge in [-0.3, -0.25) is 0 Å². The number of hydrogen-bond donors (Lipinski definition) is 1. The van der Waals surface area contributed by atoms with Gasteiger partial charge >= 0.3 is 0 Å². The van der Waals surface area contributed by atoms with Gasteiger partial charge in [-0.15, -0.1) is 0 Å². The van der Waals surface area contributed by atoms with Crippen LogP contribution in [0.15, 0.2) is 6.20 Å². The van der Waals surface area contributed by atoms with Crippen LogP contribution in [0.2, 0.25) is 0 Å². The Hall–Kier alpha value is -0.830. The van der Waals surface area contributed by atoms with Crippen LogP contribution in [0.1, 0.15) is 51.0 Å². The predicted molar refractivity (Wildman–Crippen MR) is 71.2 cm³/mol. The van der Waals surface area contributed by atoms with Crippen LogP contribution < -0.4 is 0 Å². The molecule has 17 heavy (non-hydrogen) atoms. The zero-order valence-corrected chi connectivity index (χ0v) is 11.6. The zero-order valence-electron chi connectivity index (χ0n) is 11.6. The van der Waals surface area contributed by atoms with Gasteiger partial charge in [0, 0.05) is 30.9 Å². The van der Waals surface area contributed by atoms with Crippen LogP contribution in [0.5, 0.6) is 0 Å². The quantitative estimate of drug-likeness (QED) is 0.854. The molecule has 0 bridgehead atoms. The van der Waals surface area contributed by atoms with Gasteiger partial charge in [-0.1, -0.05) is 20.8 Å². The van der Waals surface area contributed by atoms with E-state index in [0.717, 1.165) is 6.54 Å². The van der Waals surface area contributed by atoms with E-state index in [9.17, 15) is 0 Å². The van der Waals surface area contributed by atoms with Crippen molar-refractivity contribution < 1.29 is 0 Å². The summed E-state index contributed by atoms with van der Waals surface area (Å²) in [6, 6.07) is 0. The number of piperidine rings is 1. The Kier molecular flexibility index (Phi) is 3.57. The van der Waals surface area contributed by atoms with E-state index in [2.05, 4.69) is 42.6 Å². The van der Waals surface area contributed by atoms with Crippen molar-refractivity contribution in [2.75, 3.05) is 19.6 Å². The number of likely N-dealkylation sites (tertiary alicyclic amines) is 1. The summed E-state index contributed by atoms with van der Waals surface area (Å²) in [6.07, 6.45) is 4.51. The highest BCUT2D eigenvalue weighted by Crippen LogP contribution is 2.27. The molecule has 0 spiro atoms. The fourth-order valence-corrected chi connectivity index (χ4v) is 2.73. The Morgan fingerprint density at radius 3 is 2.82 bits per heavy atom. The van der Waals surface area contributed by atoms with Gasteiger partial charge < -0.3 is 9.88 Å². The SMILES string of the molecule is Cc1cnc([C@@H]2CCCN(CC(C)(C)C)C2)[nH]1. The average molecular weight is 235 g/mol. The number of aromatic amines is 1. The van der Waals surface area contributed by atoms with Gasteiger partial charge in [0.15, 0.2) is 0 Å². The standard InChI is InChI=1S/C14H25N3/c1-11-8-15-13(16-11)12-6-5-7-17(9-12)10-14(2,3)4/h8,12H,5-7,9-10H2,1-4H3,(H,15,16)/t12-/m1/s1. The first-order valence-electron chi connectivity index (χ1n) is 6.68. The molecule has 0 aliphatic carbocycles. The first-order chi connectivity index (χ1) is 7.94. The molecule has 96 valence electrons. The third-order valence-corrected chi connectivity index (χ3v) is 3.31. The first kappa shape index (κ1) is 12.6. The molecule has 1 aliphatic rings. The van der Waals surface area contributed by atoms with Crippen molar-refractivity contribution in [3.63, 3.8) is 0 Å². The Bertz CT molecular complexity index is 362. The van der Waals surface area contributed by atoms with E-state index >= 15 is 0 Å². The minimum Gasteiger partial charge on any atom is -0.346 e. The third kappa shape index (κ3) is 3.56. The first-order valence-corrected chi connectivity index (χ1v) is 6.68. The molecule has 0 radical (unpaired) electrons. The summed E-state index contributed by atoms with van der Waals surface area (Å²) in [4.78, 5) is 10.5. The Morgan fingerprint density at radius 2 is 2.24 bits per heavy atom. The molecule has 0 amide bonds. The lowest BCUT2D eigenvalue weighted by atomic mass is 9.92. The van der Waals surface area contributed by atoms with E-state index < -0.39 is 0 Å². The lowest BCUT2D eigenvalue weighted by Crippen LogP contribution is -2.39. The molecule has 1 atom stereocenters. The highest BCUT2D eigenvalue weighted by Gasteiger charge is 2.25. The topological polar surface area (TPSA) is 31.9 Å². The summed E-state index contributed by atoms with van der Waals surface area (Å²) in [5, 5.41) is 0. The van der Waals surface area contributed by atoms with E-state index in [1.54, 1.807) is 0 Å². The molecule has 1 aromatic rings. The number of hydrogen-bond acceptors (Lipinski definition) is 2. The average Bonchev–Trinajstić information content (AvgIpc) is 2.63. The molecule has 0 aromatic carbocycles. The molecule has 1 N–H and O–H groups in total. The van der Waals surface area contributed by atoms with Crippen molar-refractivity contribution in [2.24, 2.45) is 5.41 Å². The molecule has 2 rings (SSSR count). The number of H-pyrrole nitrogens is 1. The van der Waals surface area contributed by atoms with E-state index in [4.69, 9.17) is 0 Å². The maximum absolute atomic E-state index is 4.49. The van der Waals surface area contributed by atoms with Crippen molar-refractivity contribution in [1.29, 1.82) is 0 Å². The maximum atomic E-state index is 4.49. The molecule has 2 heterocycles. The highest BCUT2D eigenvalue weighted by molar-refractivity contribution is 5.05. The van der Waals surface area contributed by atoms with Gasteiger partial charge in [-0.2, -0.15) is 0 Å². The van der Waals surface area contributed by atoms with Crippen molar-refractivity contribution >= 4 is 0 Å². The van der Waals surface area contributed by atoms with Crippen LogP contribution in [0.25, 0.3) is 0 Å². The number of imidazole rings is 1. The van der Waals surface area contributed by atoms with Crippen LogP contribution in [0, 0.1) is 12.3 Å². The monoisotopic (exact) mass is 235 g/mol. The van der Waals surface area contributed by atoms with Gasteiger partial charge in [0.2, 0.25) is 0 Å². The molecular formula is C14H25N3. The molecule has 3 heteroatoms. The molecule has 1 aliphatic heterocycles. The largest absolute Gasteiger partial charge is 0.346 e. The van der Waals surface area contributed by atoms with Crippen LogP contribution >= 0.6 is 0 Å². The summed E-state index contributed by atoms with van der Waals surface area (Å²) < 4.78 is 0. The lowest BCUT2D eigenvalue weighted by Gasteiger charge is -2.36. The molecule has 0 saturated carbocycles. The molecule has 0 unspecified atom stereocenters. The van der Waals surface area contributed by atoms with Gasteiger partial charge in [-0.05, 0) is 31.7 Å². The number of nitrogens with one attached hydrogen (secondary N) is 1. The minimum atomic E-state index is 0.390. The second-order valence-corrected chi connectivity index (χ2v) is 6.59. The summed E-state index contributed by atoms with van der Waals surface area (Å²) in [5.74, 6) is 1.78. The zero-order chi connectivity index (χ0) is 12.5. The summed E-state index contributed by atoms with van der Waals surface area (Å²) >= 11 is 0. The van der Waals surface area contributed by atoms with Crippen LogP contribution in [0.4, 0.5) is 0 Å². The normalized spacial score (nSPS) is 22.9. The van der Waals surface area contributed by atoms with Gasteiger partial charge in [0.1, 0.15) is 5.82 Å². The molecule has 1 fully saturated rings. The van der Waals surface area contributed by atoms with Gasteiger partial charge in [0.25, 0.3) is 0 Å². The predicted octanol–water partition coefficient (Wildman–Crippen LogP) is 2.94. The summed E-state index contributed by atoms with van der Waals surface area (Å²) in [7, 11) is 0. The van der Waals surface area contributed by atoms with E-state index in [1.807, 2.05) is 6.20 Å². The number of rotatable bonds is 2. The van der Waals surface area contributed by atoms with Gasteiger partial charge in [0.05, 0.1) is 0 Å². The highest BCUT2D eigenvalue weighted by atomic mass is 15.1. The molecule has 1 saturated heterocycles. The number of nitrogens with zero attached hydrogens (tertiary/aromatic N) is 2. The Labute approximate surface area is 105 Å². The Morgan fingerprint density at radius 1 is 1.47 bits per heavy atom. The number of aryl methyl sites for hydroxylation is 1. The third-order valence-electron chi connectivity index (χ3n) is 3.31. The van der Waals surface area contributed by atoms with Crippen molar-refractivity contribution in [1.82, 2.24) is 14.9 Å². The molecule has 1 aromatic heterocycles. The van der Waals surface area contributed by atoms with E-state index in [-0.39, 0.29) is 0 Å². The smallest absolute Gasteiger partial charge is 0.110 e. The summed E-state index contributed by atoms with van der Waals surface area (Å²) in [6.45, 7) is 12.6. The number of aromatic nitrogens is 2. The van der Waals surface area contributed by atoms with Crippen LogP contribution in [-0.2, 0) is 0 Å². The van der Waals surface area contributed by atoms with Crippen molar-refractivity contribution in [3.05, 3.63) is 17.7 Å². The van der Waals surface area contributed by atoms with Crippen LogP contribution in [0.3, 0.4) is 0 Å². The molecular weight excluding hydrogens is 210 g/mol. The molecule has 3 nitrogen and oxygen atoms in total. The Balaban J connectivity index is 1.97. The fourth-order valence-electron chi connectivity index (χ4n) is 2.73. The van der Waals surface area contributed by atoms with E-state index in [1.165, 1.54) is 37.4 Å². The maximum Gasteiger partial charge on any atom is 0.110 e.